The fourth-order valence-electron chi connectivity index (χ4n) is 3.52. The highest BCUT2D eigenvalue weighted by atomic mass is 32.1. The normalized spacial score (nSPS) is 15.1. The monoisotopic (exact) mass is 421 g/mol. The second-order valence-electron chi connectivity index (χ2n) is 6.72. The van der Waals surface area contributed by atoms with Gasteiger partial charge in [-0.05, 0) is 35.4 Å². The van der Waals surface area contributed by atoms with Gasteiger partial charge in [-0.3, -0.25) is 4.79 Å². The van der Waals surface area contributed by atoms with Gasteiger partial charge in [0.05, 0.1) is 5.69 Å². The summed E-state index contributed by atoms with van der Waals surface area (Å²) in [4.78, 5) is 25.3. The van der Waals surface area contributed by atoms with Gasteiger partial charge in [-0.2, -0.15) is 0 Å². The van der Waals surface area contributed by atoms with E-state index in [2.05, 4.69) is 11.2 Å². The van der Waals surface area contributed by atoms with E-state index in [0.717, 1.165) is 21.8 Å². The van der Waals surface area contributed by atoms with Gasteiger partial charge in [0.25, 0.3) is 0 Å². The Kier molecular flexibility index (Phi) is 5.25. The van der Waals surface area contributed by atoms with Crippen molar-refractivity contribution in [1.82, 2.24) is 0 Å². The maximum absolute atomic E-state index is 13.4. The molecule has 5 nitrogen and oxygen atoms in total. The summed E-state index contributed by atoms with van der Waals surface area (Å²) >= 11 is 1.13. The number of hydrogen-bond acceptors (Lipinski definition) is 4. The Bertz CT molecular complexity index is 1160. The number of hydrogen-bond donors (Lipinski definition) is 2. The molecule has 0 unspecified atom stereocenters. The summed E-state index contributed by atoms with van der Waals surface area (Å²) in [5.74, 6) is 0.983. The zero-order valence-corrected chi connectivity index (χ0v) is 16.5. The number of amides is 1. The third-order valence-electron chi connectivity index (χ3n) is 4.84. The average molecular weight is 421 g/mol. The van der Waals surface area contributed by atoms with Crippen molar-refractivity contribution in [2.24, 2.45) is 0 Å². The average Bonchev–Trinajstić information content (AvgIpc) is 3.12. The molecule has 7 heteroatoms. The lowest BCUT2D eigenvalue weighted by molar-refractivity contribution is -0.116. The first-order chi connectivity index (χ1) is 14.5. The number of benzene rings is 2. The molecule has 0 spiro atoms. The molecule has 3 aromatic rings. The molecule has 30 heavy (non-hydrogen) atoms. The predicted molar refractivity (Wildman–Crippen MR) is 113 cm³/mol. The molecule has 1 aromatic heterocycles. The van der Waals surface area contributed by atoms with Gasteiger partial charge >= 0.3 is 5.97 Å². The standard InChI is InChI=1S/C23H16FNO4S/c1-2-11-29-16-9-5-13(6-10-16)17-12-18(26)25-20-19(14-3-7-15(24)8-4-14)22(23(27)28)30-21(17)20/h1,3-10,17H,11-12H2,(H,25,26)(H,27,28)/t17-/m1/s1. The Morgan fingerprint density at radius 3 is 2.57 bits per heavy atom. The van der Waals surface area contributed by atoms with Crippen LogP contribution in [-0.4, -0.2) is 23.6 Å². The minimum absolute atomic E-state index is 0.104. The predicted octanol–water partition coefficient (Wildman–Crippen LogP) is 4.74. The quantitative estimate of drug-likeness (QED) is 0.584. The summed E-state index contributed by atoms with van der Waals surface area (Å²) in [7, 11) is 0. The van der Waals surface area contributed by atoms with Crippen molar-refractivity contribution >= 4 is 28.9 Å². The minimum atomic E-state index is -1.10. The molecule has 0 saturated carbocycles. The van der Waals surface area contributed by atoms with Crippen molar-refractivity contribution in [3.05, 3.63) is 69.7 Å². The van der Waals surface area contributed by atoms with Crippen molar-refractivity contribution in [2.45, 2.75) is 12.3 Å². The summed E-state index contributed by atoms with van der Waals surface area (Å²) in [6.45, 7) is 0.156. The zero-order chi connectivity index (χ0) is 21.3. The molecule has 2 heterocycles. The van der Waals surface area contributed by atoms with E-state index in [1.54, 1.807) is 12.1 Å². The van der Waals surface area contributed by atoms with Gasteiger partial charge in [-0.15, -0.1) is 17.8 Å². The molecule has 4 rings (SSSR count). The minimum Gasteiger partial charge on any atom is -0.481 e. The molecule has 1 aliphatic heterocycles. The number of carboxylic acid groups (broad SMARTS) is 1. The van der Waals surface area contributed by atoms with Crippen LogP contribution in [0.3, 0.4) is 0 Å². The highest BCUT2D eigenvalue weighted by molar-refractivity contribution is 7.15. The zero-order valence-electron chi connectivity index (χ0n) is 15.6. The number of terminal acetylenes is 1. The van der Waals surface area contributed by atoms with Gasteiger partial charge < -0.3 is 15.2 Å². The number of carbonyl (C=O) groups excluding carboxylic acids is 1. The molecule has 2 aromatic carbocycles. The molecule has 150 valence electrons. The lowest BCUT2D eigenvalue weighted by Gasteiger charge is -2.24. The number of carbonyl (C=O) groups is 2. The SMILES string of the molecule is C#CCOc1ccc([C@H]2CC(=O)Nc3c2sc(C(=O)O)c3-c2ccc(F)cc2)cc1. The van der Waals surface area contributed by atoms with Crippen LogP contribution in [0.15, 0.2) is 48.5 Å². The molecular weight excluding hydrogens is 405 g/mol. The van der Waals surface area contributed by atoms with Crippen LogP contribution in [0, 0.1) is 18.2 Å². The lowest BCUT2D eigenvalue weighted by atomic mass is 9.88. The molecular formula is C23H16FNO4S. The first kappa shape index (κ1) is 19.7. The van der Waals surface area contributed by atoms with Crippen LogP contribution in [0.1, 0.15) is 32.5 Å². The summed E-state index contributed by atoms with van der Waals surface area (Å²) in [5, 5.41) is 12.6. The van der Waals surface area contributed by atoms with E-state index < -0.39 is 11.8 Å². The topological polar surface area (TPSA) is 75.6 Å². The van der Waals surface area contributed by atoms with Crippen LogP contribution in [0.5, 0.6) is 5.75 Å². The Labute approximate surface area is 176 Å². The van der Waals surface area contributed by atoms with Gasteiger partial charge in [-0.1, -0.05) is 30.2 Å². The van der Waals surface area contributed by atoms with Crippen LogP contribution < -0.4 is 10.1 Å². The Morgan fingerprint density at radius 1 is 1.23 bits per heavy atom. The molecule has 1 atom stereocenters. The fourth-order valence-corrected chi connectivity index (χ4v) is 4.77. The maximum atomic E-state index is 13.4. The van der Waals surface area contributed by atoms with Crippen molar-refractivity contribution < 1.29 is 23.8 Å². The Hall–Kier alpha value is -3.63. The van der Waals surface area contributed by atoms with Crippen LogP contribution in [0.4, 0.5) is 10.1 Å². The van der Waals surface area contributed by atoms with Crippen LogP contribution in [0.2, 0.25) is 0 Å². The highest BCUT2D eigenvalue weighted by Gasteiger charge is 2.34. The fraction of sp³-hybridized carbons (Fsp3) is 0.130. The third-order valence-corrected chi connectivity index (χ3v) is 6.13. The molecule has 0 radical (unpaired) electrons. The van der Waals surface area contributed by atoms with E-state index in [1.165, 1.54) is 24.3 Å². The molecule has 0 aliphatic carbocycles. The smallest absolute Gasteiger partial charge is 0.346 e. The summed E-state index contributed by atoms with van der Waals surface area (Å²) in [6.07, 6.45) is 5.40. The molecule has 1 amide bonds. The van der Waals surface area contributed by atoms with E-state index in [9.17, 15) is 19.1 Å². The number of thiophene rings is 1. The third kappa shape index (κ3) is 3.65. The first-order valence-corrected chi connectivity index (χ1v) is 9.91. The Balaban J connectivity index is 1.81. The highest BCUT2D eigenvalue weighted by Crippen LogP contribution is 2.49. The summed E-state index contributed by atoms with van der Waals surface area (Å²) in [6, 6.07) is 12.8. The second kappa shape index (κ2) is 8.01. The van der Waals surface area contributed by atoms with Crippen LogP contribution in [0.25, 0.3) is 11.1 Å². The molecule has 0 fully saturated rings. The van der Waals surface area contributed by atoms with E-state index in [0.29, 0.717) is 22.6 Å². The van der Waals surface area contributed by atoms with Gasteiger partial charge in [0.15, 0.2) is 0 Å². The van der Waals surface area contributed by atoms with Crippen LogP contribution >= 0.6 is 11.3 Å². The number of ether oxygens (including phenoxy) is 1. The van der Waals surface area contributed by atoms with Gasteiger partial charge in [0.1, 0.15) is 23.1 Å². The molecule has 2 N–H and O–H groups in total. The van der Waals surface area contributed by atoms with Gasteiger partial charge in [0.2, 0.25) is 5.91 Å². The van der Waals surface area contributed by atoms with Gasteiger partial charge in [0, 0.05) is 22.8 Å². The molecule has 1 aliphatic rings. The number of fused-ring (bicyclic) bond motifs is 1. The lowest BCUT2D eigenvalue weighted by Crippen LogP contribution is -2.22. The molecule has 0 saturated heterocycles. The Morgan fingerprint density at radius 2 is 1.93 bits per heavy atom. The summed E-state index contributed by atoms with van der Waals surface area (Å²) in [5.41, 5.74) is 2.26. The number of halogens is 1. The van der Waals surface area contributed by atoms with E-state index in [4.69, 9.17) is 11.2 Å². The first-order valence-electron chi connectivity index (χ1n) is 9.10. The van der Waals surface area contributed by atoms with Gasteiger partial charge in [-0.25, -0.2) is 9.18 Å². The number of aromatic carboxylic acids is 1. The second-order valence-corrected chi connectivity index (χ2v) is 7.78. The van der Waals surface area contributed by atoms with Crippen molar-refractivity contribution in [3.63, 3.8) is 0 Å². The van der Waals surface area contributed by atoms with E-state index >= 15 is 0 Å². The largest absolute Gasteiger partial charge is 0.481 e. The van der Waals surface area contributed by atoms with E-state index in [1.807, 2.05) is 12.1 Å². The number of anilines is 1. The number of carboxylic acids is 1. The number of nitrogens with one attached hydrogen (secondary N) is 1. The summed E-state index contributed by atoms with van der Waals surface area (Å²) < 4.78 is 18.8. The maximum Gasteiger partial charge on any atom is 0.346 e. The van der Waals surface area contributed by atoms with Crippen molar-refractivity contribution in [3.8, 4) is 29.2 Å². The van der Waals surface area contributed by atoms with E-state index in [-0.39, 0.29) is 29.7 Å². The van der Waals surface area contributed by atoms with Crippen molar-refractivity contribution in [2.75, 3.05) is 11.9 Å². The van der Waals surface area contributed by atoms with Crippen molar-refractivity contribution in [1.29, 1.82) is 0 Å². The molecule has 0 bridgehead atoms. The van der Waals surface area contributed by atoms with Crippen LogP contribution in [-0.2, 0) is 4.79 Å². The number of rotatable bonds is 5.